The lowest BCUT2D eigenvalue weighted by Gasteiger charge is -2.23. The molecule has 3 rings (SSSR count). The zero-order chi connectivity index (χ0) is 19.5. The molecule has 1 atom stereocenters. The van der Waals surface area contributed by atoms with Gasteiger partial charge < -0.3 is 5.32 Å². The maximum atomic E-state index is 11.0. The summed E-state index contributed by atoms with van der Waals surface area (Å²) in [4.78, 5) is 13.4. The van der Waals surface area contributed by atoms with Crippen LogP contribution in [-0.2, 0) is 11.3 Å². The van der Waals surface area contributed by atoms with Crippen molar-refractivity contribution in [2.45, 2.75) is 32.9 Å². The van der Waals surface area contributed by atoms with Gasteiger partial charge in [-0.2, -0.15) is 0 Å². The number of carbonyl (C=O) groups excluding carboxylic acids is 1. The summed E-state index contributed by atoms with van der Waals surface area (Å²) in [6.45, 7) is 10.1. The van der Waals surface area contributed by atoms with Gasteiger partial charge in [0.1, 0.15) is 0 Å². The molecule has 0 saturated heterocycles. The van der Waals surface area contributed by atoms with Crippen molar-refractivity contribution < 1.29 is 4.79 Å². The summed E-state index contributed by atoms with van der Waals surface area (Å²) in [6.07, 6.45) is 5.78. The van der Waals surface area contributed by atoms with E-state index in [1.54, 1.807) is 6.08 Å². The first-order valence-electron chi connectivity index (χ1n) is 9.47. The fraction of sp³-hybridized carbons (Fsp3) is 0.292. The Balaban J connectivity index is 0.000000817. The minimum atomic E-state index is 0.0447. The molecule has 2 aromatic rings. The quantitative estimate of drug-likeness (QED) is 0.623. The zero-order valence-corrected chi connectivity index (χ0v) is 16.4. The molecule has 3 heteroatoms. The molecule has 1 heterocycles. The Hall–Kier alpha value is -2.65. The second kappa shape index (κ2) is 11.1. The van der Waals surface area contributed by atoms with Gasteiger partial charge in [0.15, 0.2) is 0 Å². The Morgan fingerprint density at radius 2 is 1.81 bits per heavy atom. The summed E-state index contributed by atoms with van der Waals surface area (Å²) in [5.41, 5.74) is 5.20. The third kappa shape index (κ3) is 6.54. The van der Waals surface area contributed by atoms with Crippen LogP contribution in [0.5, 0.6) is 0 Å². The second-order valence-corrected chi connectivity index (χ2v) is 6.78. The molecule has 0 saturated carbocycles. The molecule has 1 N–H and O–H groups in total. The summed E-state index contributed by atoms with van der Waals surface area (Å²) in [5.74, 6) is 0. The molecule has 142 valence electrons. The smallest absolute Gasteiger partial charge is 0.207 e. The van der Waals surface area contributed by atoms with Gasteiger partial charge in [-0.25, -0.2) is 0 Å². The van der Waals surface area contributed by atoms with Gasteiger partial charge in [-0.3, -0.25) is 9.69 Å². The van der Waals surface area contributed by atoms with E-state index < -0.39 is 0 Å². The molecule has 1 unspecified atom stereocenters. The molecule has 0 aromatic heterocycles. The van der Waals surface area contributed by atoms with E-state index in [9.17, 15) is 4.79 Å². The number of hydrogen-bond acceptors (Lipinski definition) is 2. The molecule has 1 amide bonds. The van der Waals surface area contributed by atoms with Crippen molar-refractivity contribution >= 4 is 12.0 Å². The molecule has 0 fully saturated rings. The van der Waals surface area contributed by atoms with Crippen LogP contribution in [0.4, 0.5) is 0 Å². The molecule has 3 nitrogen and oxygen atoms in total. The topological polar surface area (TPSA) is 32.3 Å². The summed E-state index contributed by atoms with van der Waals surface area (Å²) < 4.78 is 0. The molecular formula is C24H30N2O. The van der Waals surface area contributed by atoms with E-state index in [0.717, 1.165) is 32.5 Å². The van der Waals surface area contributed by atoms with E-state index in [1.807, 2.05) is 13.0 Å². The van der Waals surface area contributed by atoms with E-state index >= 15 is 0 Å². The van der Waals surface area contributed by atoms with Gasteiger partial charge in [-0.15, -0.1) is 6.58 Å². The van der Waals surface area contributed by atoms with Crippen molar-refractivity contribution in [3.63, 3.8) is 0 Å². The number of amides is 1. The van der Waals surface area contributed by atoms with Gasteiger partial charge in [0.2, 0.25) is 6.41 Å². The highest BCUT2D eigenvalue weighted by Crippen LogP contribution is 2.25. The lowest BCUT2D eigenvalue weighted by atomic mass is 9.97. The fourth-order valence-corrected chi connectivity index (χ4v) is 3.36. The van der Waals surface area contributed by atoms with E-state index in [4.69, 9.17) is 0 Å². The maximum Gasteiger partial charge on any atom is 0.207 e. The number of nitrogens with one attached hydrogen (secondary N) is 1. The highest BCUT2D eigenvalue weighted by atomic mass is 16.1. The van der Waals surface area contributed by atoms with Crippen LogP contribution in [0.15, 0.2) is 73.3 Å². The highest BCUT2D eigenvalue weighted by molar-refractivity contribution is 5.69. The first-order chi connectivity index (χ1) is 13.2. The standard InChI is InChI=1S/C21H24N2O.C3H6/c1-17-7-5-6-10-21(17)19-11-12-23(15-20(13-19)22-16-24)14-18-8-3-2-4-9-18;1-3-2/h2-10,13,16,20H,11-12,14-15H2,1H3,(H,22,24);3H,1H2,2H3. The maximum absolute atomic E-state index is 11.0. The Morgan fingerprint density at radius 3 is 2.48 bits per heavy atom. The van der Waals surface area contributed by atoms with Crippen LogP contribution in [0, 0.1) is 6.92 Å². The van der Waals surface area contributed by atoms with Crippen molar-refractivity contribution in [1.29, 1.82) is 0 Å². The van der Waals surface area contributed by atoms with Crippen molar-refractivity contribution in [3.8, 4) is 0 Å². The van der Waals surface area contributed by atoms with Gasteiger partial charge >= 0.3 is 0 Å². The largest absolute Gasteiger partial charge is 0.351 e. The number of aryl methyl sites for hydroxylation is 1. The van der Waals surface area contributed by atoms with Crippen molar-refractivity contribution in [2.75, 3.05) is 13.1 Å². The van der Waals surface area contributed by atoms with Gasteiger partial charge in [0.05, 0.1) is 6.04 Å². The van der Waals surface area contributed by atoms with Crippen LogP contribution in [0.1, 0.15) is 30.0 Å². The zero-order valence-electron chi connectivity index (χ0n) is 16.4. The number of nitrogens with zero attached hydrogens (tertiary/aromatic N) is 1. The van der Waals surface area contributed by atoms with Gasteiger partial charge in [-0.1, -0.05) is 66.7 Å². The summed E-state index contributed by atoms with van der Waals surface area (Å²) in [5, 5.41) is 2.96. The molecule has 2 aromatic carbocycles. The van der Waals surface area contributed by atoms with Crippen LogP contribution in [-0.4, -0.2) is 30.4 Å². The van der Waals surface area contributed by atoms with Gasteiger partial charge in [0, 0.05) is 19.6 Å². The monoisotopic (exact) mass is 362 g/mol. The molecular weight excluding hydrogens is 332 g/mol. The Bertz CT molecular complexity index is 752. The highest BCUT2D eigenvalue weighted by Gasteiger charge is 2.19. The minimum Gasteiger partial charge on any atom is -0.351 e. The van der Waals surface area contributed by atoms with Gasteiger partial charge in [0.25, 0.3) is 0 Å². The molecule has 27 heavy (non-hydrogen) atoms. The van der Waals surface area contributed by atoms with E-state index in [0.29, 0.717) is 0 Å². The summed E-state index contributed by atoms with van der Waals surface area (Å²) in [7, 11) is 0. The van der Waals surface area contributed by atoms with Crippen LogP contribution < -0.4 is 5.32 Å². The summed E-state index contributed by atoms with van der Waals surface area (Å²) >= 11 is 0. The molecule has 0 aliphatic carbocycles. The molecule has 0 spiro atoms. The lowest BCUT2D eigenvalue weighted by molar-refractivity contribution is -0.110. The number of allylic oxidation sites excluding steroid dienone is 1. The minimum absolute atomic E-state index is 0.0447. The van der Waals surface area contributed by atoms with Crippen molar-refractivity contribution in [3.05, 3.63) is 90.0 Å². The third-order valence-electron chi connectivity index (χ3n) is 4.58. The molecule has 1 aliphatic rings. The van der Waals surface area contributed by atoms with E-state index in [2.05, 4.69) is 78.3 Å². The second-order valence-electron chi connectivity index (χ2n) is 6.78. The fourth-order valence-electron chi connectivity index (χ4n) is 3.36. The number of benzene rings is 2. The first kappa shape index (κ1) is 20.7. The molecule has 0 bridgehead atoms. The first-order valence-corrected chi connectivity index (χ1v) is 9.47. The van der Waals surface area contributed by atoms with Crippen LogP contribution in [0.2, 0.25) is 0 Å². The van der Waals surface area contributed by atoms with Crippen LogP contribution >= 0.6 is 0 Å². The Labute approximate surface area is 163 Å². The Kier molecular flexibility index (Phi) is 8.53. The number of hydrogen-bond donors (Lipinski definition) is 1. The predicted molar refractivity (Wildman–Crippen MR) is 114 cm³/mol. The molecule has 1 aliphatic heterocycles. The van der Waals surface area contributed by atoms with E-state index in [1.165, 1.54) is 22.3 Å². The number of carbonyl (C=O) groups is 1. The Morgan fingerprint density at radius 1 is 1.15 bits per heavy atom. The molecule has 0 radical (unpaired) electrons. The third-order valence-corrected chi connectivity index (χ3v) is 4.58. The lowest BCUT2D eigenvalue weighted by Crippen LogP contribution is -2.38. The van der Waals surface area contributed by atoms with Crippen LogP contribution in [0.25, 0.3) is 5.57 Å². The van der Waals surface area contributed by atoms with E-state index in [-0.39, 0.29) is 6.04 Å². The summed E-state index contributed by atoms with van der Waals surface area (Å²) in [6, 6.07) is 19.0. The van der Waals surface area contributed by atoms with Crippen molar-refractivity contribution in [2.24, 2.45) is 0 Å². The van der Waals surface area contributed by atoms with Crippen LogP contribution in [0.3, 0.4) is 0 Å². The average molecular weight is 363 g/mol. The normalized spacial score (nSPS) is 17.0. The average Bonchev–Trinajstić information content (AvgIpc) is 2.86. The van der Waals surface area contributed by atoms with Gasteiger partial charge in [-0.05, 0) is 42.5 Å². The number of rotatable bonds is 5. The van der Waals surface area contributed by atoms with Crippen molar-refractivity contribution in [1.82, 2.24) is 10.2 Å². The SMILES string of the molecule is C=CC.Cc1ccccc1C1=CC(NC=O)CN(Cc2ccccc2)CC1. The predicted octanol–water partition coefficient (Wildman–Crippen LogP) is 4.59.